The number of benzene rings is 1. The first-order valence-electron chi connectivity index (χ1n) is 10.3. The minimum Gasteiger partial charge on any atom is -0.385 e. The van der Waals surface area contributed by atoms with Gasteiger partial charge < -0.3 is 10.2 Å². The Balaban J connectivity index is 1.53. The van der Waals surface area contributed by atoms with Gasteiger partial charge in [0.25, 0.3) is 5.91 Å². The average Bonchev–Trinajstić information content (AvgIpc) is 3.21. The van der Waals surface area contributed by atoms with Crippen molar-refractivity contribution < 1.29 is 22.0 Å². The molecule has 2 aliphatic rings. The number of carbonyl (C=O) groups is 1. The van der Waals surface area contributed by atoms with Gasteiger partial charge in [0.2, 0.25) is 10.0 Å². The number of hydrogen-bond acceptors (Lipinski definition) is 4. The van der Waals surface area contributed by atoms with E-state index in [-0.39, 0.29) is 11.8 Å². The monoisotopic (exact) mass is 429 g/mol. The lowest BCUT2D eigenvalue weighted by molar-refractivity contribution is 0.0783. The molecule has 0 radical (unpaired) electrons. The third-order valence-corrected chi connectivity index (χ3v) is 7.27. The zero-order chi connectivity index (χ0) is 21.0. The second-order valence-corrected chi connectivity index (χ2v) is 9.98. The van der Waals surface area contributed by atoms with E-state index in [0.717, 1.165) is 38.5 Å². The van der Waals surface area contributed by atoms with E-state index in [9.17, 15) is 22.0 Å². The van der Waals surface area contributed by atoms with Crippen LogP contribution in [0.1, 0.15) is 55.8 Å². The van der Waals surface area contributed by atoms with E-state index in [0.29, 0.717) is 31.2 Å². The molecule has 1 amide bonds. The molecule has 9 heteroatoms. The first-order valence-corrected chi connectivity index (χ1v) is 12.0. The van der Waals surface area contributed by atoms with Gasteiger partial charge in [-0.2, -0.15) is 0 Å². The summed E-state index contributed by atoms with van der Waals surface area (Å²) in [6.07, 6.45) is 4.88. The van der Waals surface area contributed by atoms with Crippen molar-refractivity contribution in [1.82, 2.24) is 9.62 Å². The molecule has 6 nitrogen and oxygen atoms in total. The van der Waals surface area contributed by atoms with Gasteiger partial charge in [0.15, 0.2) is 0 Å². The molecule has 1 aliphatic heterocycles. The zero-order valence-electron chi connectivity index (χ0n) is 16.7. The largest absolute Gasteiger partial charge is 0.385 e. The first-order chi connectivity index (χ1) is 13.8. The summed E-state index contributed by atoms with van der Waals surface area (Å²) in [5, 5.41) is 3.06. The van der Waals surface area contributed by atoms with Gasteiger partial charge >= 0.3 is 0 Å². The Hall–Kier alpha value is -1.74. The molecule has 0 spiro atoms. The van der Waals surface area contributed by atoms with Gasteiger partial charge in [-0.1, -0.05) is 0 Å². The lowest BCUT2D eigenvalue weighted by atomic mass is 9.86. The summed E-state index contributed by atoms with van der Waals surface area (Å²) in [5.74, 6) is -1.91. The summed E-state index contributed by atoms with van der Waals surface area (Å²) >= 11 is 0. The Labute approximate surface area is 171 Å². The van der Waals surface area contributed by atoms with Crippen molar-refractivity contribution >= 4 is 21.6 Å². The van der Waals surface area contributed by atoms with Crippen molar-refractivity contribution in [3.05, 3.63) is 29.3 Å². The van der Waals surface area contributed by atoms with Crippen molar-refractivity contribution in [3.8, 4) is 0 Å². The fraction of sp³-hybridized carbons (Fsp3) is 0.650. The number of anilines is 1. The molecule has 1 aliphatic carbocycles. The third kappa shape index (κ3) is 5.66. The van der Waals surface area contributed by atoms with Crippen molar-refractivity contribution in [2.45, 2.75) is 51.5 Å². The molecule has 0 aromatic heterocycles. The third-order valence-electron chi connectivity index (χ3n) is 5.82. The van der Waals surface area contributed by atoms with Gasteiger partial charge in [-0.3, -0.25) is 4.79 Å². The van der Waals surface area contributed by atoms with E-state index >= 15 is 0 Å². The van der Waals surface area contributed by atoms with Crippen LogP contribution in [0.4, 0.5) is 14.5 Å². The lowest BCUT2D eigenvalue weighted by Gasteiger charge is -2.29. The summed E-state index contributed by atoms with van der Waals surface area (Å²) < 4.78 is 54.9. The Morgan fingerprint density at radius 1 is 1.10 bits per heavy atom. The standard InChI is InChI=1S/C20H29F2N3O3S/c1-2-29(27,28)24-15-7-5-14(6-8-15)13-23-16-11-17(21)19(18(22)12-16)20(26)25-9-3-4-10-25/h11-12,14-15,23-24H,2-10,13H2,1H3. The topological polar surface area (TPSA) is 78.5 Å². The lowest BCUT2D eigenvalue weighted by Crippen LogP contribution is -2.39. The van der Waals surface area contributed by atoms with Gasteiger partial charge in [-0.25, -0.2) is 21.9 Å². The van der Waals surface area contributed by atoms with Crippen molar-refractivity contribution in [1.29, 1.82) is 0 Å². The molecule has 1 aromatic rings. The number of nitrogens with zero attached hydrogens (tertiary/aromatic N) is 1. The molecule has 29 heavy (non-hydrogen) atoms. The fourth-order valence-electron chi connectivity index (χ4n) is 4.04. The smallest absolute Gasteiger partial charge is 0.259 e. The van der Waals surface area contributed by atoms with Gasteiger partial charge in [0.1, 0.15) is 17.2 Å². The van der Waals surface area contributed by atoms with Gasteiger partial charge in [0.05, 0.1) is 5.75 Å². The number of likely N-dealkylation sites (tertiary alicyclic amines) is 1. The van der Waals surface area contributed by atoms with E-state index in [4.69, 9.17) is 0 Å². The zero-order valence-corrected chi connectivity index (χ0v) is 17.5. The molecule has 2 fully saturated rings. The molecule has 1 aromatic carbocycles. The maximum atomic E-state index is 14.4. The molecule has 0 bridgehead atoms. The minimum atomic E-state index is -3.20. The summed E-state index contributed by atoms with van der Waals surface area (Å²) in [7, 11) is -3.20. The highest BCUT2D eigenvalue weighted by Crippen LogP contribution is 2.27. The average molecular weight is 430 g/mol. The summed E-state index contributed by atoms with van der Waals surface area (Å²) in [6, 6.07) is 2.31. The summed E-state index contributed by atoms with van der Waals surface area (Å²) in [5.41, 5.74) is -0.173. The van der Waals surface area contributed by atoms with Gasteiger partial charge in [-0.05, 0) is 63.5 Å². The van der Waals surface area contributed by atoms with Crippen molar-refractivity contribution in [3.63, 3.8) is 0 Å². The van der Waals surface area contributed by atoms with Crippen molar-refractivity contribution in [2.75, 3.05) is 30.7 Å². The highest BCUT2D eigenvalue weighted by molar-refractivity contribution is 7.89. The van der Waals surface area contributed by atoms with Crippen LogP contribution in [0.25, 0.3) is 0 Å². The van der Waals surface area contributed by atoms with E-state index in [1.54, 1.807) is 6.92 Å². The van der Waals surface area contributed by atoms with Crippen LogP contribution in [0.2, 0.25) is 0 Å². The predicted octanol–water partition coefficient (Wildman–Crippen LogP) is 3.11. The molecular formula is C20H29F2N3O3S. The van der Waals surface area contributed by atoms with E-state index in [1.165, 1.54) is 17.0 Å². The van der Waals surface area contributed by atoms with Crippen LogP contribution in [-0.4, -0.2) is 50.7 Å². The van der Waals surface area contributed by atoms with Crippen LogP contribution in [0.15, 0.2) is 12.1 Å². The van der Waals surface area contributed by atoms with Gasteiger partial charge in [0, 0.05) is 31.4 Å². The van der Waals surface area contributed by atoms with Crippen LogP contribution in [0.5, 0.6) is 0 Å². The minimum absolute atomic E-state index is 0.0398. The molecule has 162 valence electrons. The molecule has 3 rings (SSSR count). The summed E-state index contributed by atoms with van der Waals surface area (Å²) in [6.45, 7) is 3.23. The van der Waals surface area contributed by atoms with Crippen LogP contribution in [0.3, 0.4) is 0 Å². The number of halogens is 2. The number of sulfonamides is 1. The molecular weight excluding hydrogens is 400 g/mol. The fourth-order valence-corrected chi connectivity index (χ4v) is 4.95. The summed E-state index contributed by atoms with van der Waals surface area (Å²) in [4.78, 5) is 13.8. The van der Waals surface area contributed by atoms with E-state index in [1.807, 2.05) is 0 Å². The number of nitrogens with one attached hydrogen (secondary N) is 2. The highest BCUT2D eigenvalue weighted by atomic mass is 32.2. The van der Waals surface area contributed by atoms with Gasteiger partial charge in [-0.15, -0.1) is 0 Å². The second-order valence-electron chi connectivity index (χ2n) is 7.93. The Bertz CT molecular complexity index is 810. The first kappa shape index (κ1) is 22.0. The number of carbonyl (C=O) groups excluding carboxylic acids is 1. The normalized spacial score (nSPS) is 22.7. The SMILES string of the molecule is CCS(=O)(=O)NC1CCC(CNc2cc(F)c(C(=O)N3CCCC3)c(F)c2)CC1. The Morgan fingerprint density at radius 2 is 1.69 bits per heavy atom. The number of hydrogen-bond donors (Lipinski definition) is 2. The van der Waals surface area contributed by atoms with Crippen molar-refractivity contribution in [2.24, 2.45) is 5.92 Å². The van der Waals surface area contributed by atoms with Crippen LogP contribution >= 0.6 is 0 Å². The molecule has 1 saturated carbocycles. The molecule has 2 N–H and O–H groups in total. The van der Waals surface area contributed by atoms with Crippen LogP contribution in [-0.2, 0) is 10.0 Å². The maximum absolute atomic E-state index is 14.4. The Kier molecular flexibility index (Phi) is 7.10. The Morgan fingerprint density at radius 3 is 2.24 bits per heavy atom. The van der Waals surface area contributed by atoms with E-state index in [2.05, 4.69) is 10.0 Å². The second kappa shape index (κ2) is 9.38. The maximum Gasteiger partial charge on any atom is 0.259 e. The van der Waals surface area contributed by atoms with Crippen LogP contribution in [0, 0.1) is 17.6 Å². The highest BCUT2D eigenvalue weighted by Gasteiger charge is 2.27. The van der Waals surface area contributed by atoms with Crippen LogP contribution < -0.4 is 10.0 Å². The molecule has 0 unspecified atom stereocenters. The number of rotatable bonds is 7. The molecule has 1 saturated heterocycles. The molecule has 1 heterocycles. The quantitative estimate of drug-likeness (QED) is 0.698. The number of amides is 1. The van der Waals surface area contributed by atoms with E-state index < -0.39 is 33.1 Å². The predicted molar refractivity (Wildman–Crippen MR) is 108 cm³/mol. The molecule has 0 atom stereocenters.